The van der Waals surface area contributed by atoms with Crippen molar-refractivity contribution >= 4 is 11.5 Å². The Morgan fingerprint density at radius 1 is 1.45 bits per heavy atom. The molecule has 112 valence electrons. The van der Waals surface area contributed by atoms with Crippen LogP contribution < -0.4 is 4.90 Å². The highest BCUT2D eigenvalue weighted by Gasteiger charge is 2.34. The topological polar surface area (TPSA) is 84.4 Å². The molecule has 1 aromatic heterocycles. The highest BCUT2D eigenvalue weighted by molar-refractivity contribution is 5.62. The summed E-state index contributed by atoms with van der Waals surface area (Å²) in [6.45, 7) is 5.01. The first-order chi connectivity index (χ1) is 9.35. The predicted octanol–water partition coefficient (Wildman–Crippen LogP) is 1.63. The average Bonchev–Trinajstić information content (AvgIpc) is 2.67. The van der Waals surface area contributed by atoms with Crippen molar-refractivity contribution in [2.24, 2.45) is 7.05 Å². The third-order valence-electron chi connectivity index (χ3n) is 3.87. The van der Waals surface area contributed by atoms with E-state index in [1.165, 1.54) is 0 Å². The van der Waals surface area contributed by atoms with Crippen LogP contribution in [0.4, 0.5) is 11.5 Å². The van der Waals surface area contributed by atoms with E-state index in [4.69, 9.17) is 0 Å². The normalized spacial score (nSPS) is 18.3. The predicted molar refractivity (Wildman–Crippen MR) is 75.9 cm³/mol. The number of anilines is 1. The van der Waals surface area contributed by atoms with E-state index in [0.29, 0.717) is 43.9 Å². The first-order valence-electron chi connectivity index (χ1n) is 7.03. The summed E-state index contributed by atoms with van der Waals surface area (Å²) in [5.74, 6) is 0.564. The molecule has 20 heavy (non-hydrogen) atoms. The van der Waals surface area contributed by atoms with Crippen LogP contribution in [0.3, 0.4) is 0 Å². The zero-order valence-corrected chi connectivity index (χ0v) is 12.3. The zero-order chi connectivity index (χ0) is 14.9. The molecule has 1 aromatic rings. The van der Waals surface area contributed by atoms with Gasteiger partial charge in [-0.3, -0.25) is 10.1 Å². The molecule has 1 aliphatic heterocycles. The van der Waals surface area contributed by atoms with Crippen LogP contribution >= 0.6 is 0 Å². The van der Waals surface area contributed by atoms with E-state index in [-0.39, 0.29) is 10.6 Å². The van der Waals surface area contributed by atoms with E-state index in [2.05, 4.69) is 5.10 Å². The van der Waals surface area contributed by atoms with E-state index in [9.17, 15) is 15.2 Å². The van der Waals surface area contributed by atoms with Gasteiger partial charge in [-0.1, -0.05) is 13.3 Å². The van der Waals surface area contributed by atoms with E-state index in [0.717, 1.165) is 6.42 Å². The van der Waals surface area contributed by atoms with Gasteiger partial charge < -0.3 is 10.0 Å². The number of rotatable bonds is 4. The van der Waals surface area contributed by atoms with Crippen LogP contribution in [0.2, 0.25) is 0 Å². The second-order valence-electron chi connectivity index (χ2n) is 5.73. The number of aliphatic hydroxyl groups is 1. The maximum Gasteiger partial charge on any atom is 0.334 e. The zero-order valence-electron chi connectivity index (χ0n) is 12.3. The summed E-state index contributed by atoms with van der Waals surface area (Å²) in [5.41, 5.74) is -0.000861. The molecule has 0 aromatic carbocycles. The van der Waals surface area contributed by atoms with Gasteiger partial charge in [0.05, 0.1) is 10.5 Å². The molecule has 1 saturated heterocycles. The van der Waals surface area contributed by atoms with Gasteiger partial charge in [0, 0.05) is 20.1 Å². The number of nitrogens with zero attached hydrogens (tertiary/aromatic N) is 4. The van der Waals surface area contributed by atoms with Gasteiger partial charge in [0.25, 0.3) is 0 Å². The van der Waals surface area contributed by atoms with Gasteiger partial charge >= 0.3 is 5.69 Å². The Hall–Kier alpha value is -1.63. The minimum atomic E-state index is -0.671. The molecule has 2 heterocycles. The molecule has 1 aliphatic rings. The number of aromatic nitrogens is 2. The van der Waals surface area contributed by atoms with Crippen molar-refractivity contribution in [1.29, 1.82) is 0 Å². The summed E-state index contributed by atoms with van der Waals surface area (Å²) >= 11 is 0. The SMILES string of the molecule is CCCc1nn(C)c(N2CCC(C)(O)CC2)c1[N+](=O)[O-]. The summed E-state index contributed by atoms with van der Waals surface area (Å²) in [6, 6.07) is 0. The standard InChI is InChI=1S/C13H22N4O3/c1-4-5-10-11(17(19)20)12(15(3)14-10)16-8-6-13(2,18)7-9-16/h18H,4-9H2,1-3H3. The van der Waals surface area contributed by atoms with Gasteiger partial charge in [-0.2, -0.15) is 5.10 Å². The van der Waals surface area contributed by atoms with Crippen molar-refractivity contribution in [3.8, 4) is 0 Å². The van der Waals surface area contributed by atoms with Gasteiger partial charge in [0.2, 0.25) is 5.82 Å². The van der Waals surface area contributed by atoms with Crippen molar-refractivity contribution in [2.75, 3.05) is 18.0 Å². The van der Waals surface area contributed by atoms with Crippen LogP contribution in [0.5, 0.6) is 0 Å². The molecular formula is C13H22N4O3. The lowest BCUT2D eigenvalue weighted by atomic mass is 9.94. The quantitative estimate of drug-likeness (QED) is 0.670. The molecule has 7 heteroatoms. The number of aryl methyl sites for hydroxylation is 2. The minimum absolute atomic E-state index is 0.121. The molecule has 2 rings (SSSR count). The third kappa shape index (κ3) is 2.77. The monoisotopic (exact) mass is 282 g/mol. The Morgan fingerprint density at radius 2 is 2.05 bits per heavy atom. The van der Waals surface area contributed by atoms with Gasteiger partial charge in [0.1, 0.15) is 5.69 Å². The van der Waals surface area contributed by atoms with Crippen LogP contribution in [0.1, 0.15) is 38.8 Å². The Morgan fingerprint density at radius 3 is 2.55 bits per heavy atom. The fourth-order valence-corrected chi connectivity index (χ4v) is 2.71. The van der Waals surface area contributed by atoms with Crippen molar-refractivity contribution in [3.05, 3.63) is 15.8 Å². The van der Waals surface area contributed by atoms with E-state index in [1.54, 1.807) is 11.7 Å². The highest BCUT2D eigenvalue weighted by Crippen LogP contribution is 2.35. The van der Waals surface area contributed by atoms with Crippen LogP contribution in [-0.2, 0) is 13.5 Å². The second-order valence-corrected chi connectivity index (χ2v) is 5.73. The minimum Gasteiger partial charge on any atom is -0.390 e. The smallest absolute Gasteiger partial charge is 0.334 e. The van der Waals surface area contributed by atoms with Crippen LogP contribution in [-0.4, -0.2) is 38.5 Å². The summed E-state index contributed by atoms with van der Waals surface area (Å²) in [4.78, 5) is 13.0. The number of hydrogen-bond donors (Lipinski definition) is 1. The molecule has 0 saturated carbocycles. The van der Waals surface area contributed by atoms with E-state index >= 15 is 0 Å². The van der Waals surface area contributed by atoms with Crippen molar-refractivity contribution < 1.29 is 10.0 Å². The lowest BCUT2D eigenvalue weighted by Crippen LogP contribution is -2.43. The summed E-state index contributed by atoms with van der Waals surface area (Å²) in [7, 11) is 1.74. The van der Waals surface area contributed by atoms with Crippen LogP contribution in [0, 0.1) is 10.1 Å². The van der Waals surface area contributed by atoms with E-state index < -0.39 is 5.60 Å². The van der Waals surface area contributed by atoms with Crippen molar-refractivity contribution in [2.45, 2.75) is 45.1 Å². The van der Waals surface area contributed by atoms with Crippen LogP contribution in [0.15, 0.2) is 0 Å². The molecule has 0 spiro atoms. The maximum atomic E-state index is 11.4. The summed E-state index contributed by atoms with van der Waals surface area (Å²) < 4.78 is 1.60. The maximum absolute atomic E-state index is 11.4. The molecule has 1 N–H and O–H groups in total. The first kappa shape index (κ1) is 14.8. The number of hydrogen-bond acceptors (Lipinski definition) is 5. The molecule has 1 fully saturated rings. The molecular weight excluding hydrogens is 260 g/mol. The van der Waals surface area contributed by atoms with Crippen molar-refractivity contribution in [1.82, 2.24) is 9.78 Å². The molecule has 0 radical (unpaired) electrons. The molecule has 0 atom stereocenters. The first-order valence-corrected chi connectivity index (χ1v) is 7.03. The summed E-state index contributed by atoms with van der Waals surface area (Å²) in [6.07, 6.45) is 2.65. The average molecular weight is 282 g/mol. The molecule has 0 amide bonds. The van der Waals surface area contributed by atoms with Gasteiger partial charge in [-0.15, -0.1) is 0 Å². The Bertz CT molecular complexity index is 500. The molecule has 0 bridgehead atoms. The lowest BCUT2D eigenvalue weighted by molar-refractivity contribution is -0.384. The highest BCUT2D eigenvalue weighted by atomic mass is 16.6. The molecule has 7 nitrogen and oxygen atoms in total. The van der Waals surface area contributed by atoms with Gasteiger partial charge in [0.15, 0.2) is 0 Å². The fraction of sp³-hybridized carbons (Fsp3) is 0.769. The second kappa shape index (κ2) is 5.40. The van der Waals surface area contributed by atoms with Crippen LogP contribution in [0.25, 0.3) is 0 Å². The Balaban J connectivity index is 2.34. The molecule has 0 unspecified atom stereocenters. The third-order valence-corrected chi connectivity index (χ3v) is 3.87. The summed E-state index contributed by atoms with van der Waals surface area (Å²) in [5, 5.41) is 25.7. The lowest BCUT2D eigenvalue weighted by Gasteiger charge is -2.36. The largest absolute Gasteiger partial charge is 0.390 e. The van der Waals surface area contributed by atoms with Gasteiger partial charge in [-0.05, 0) is 26.2 Å². The number of nitro groups is 1. The number of piperidine rings is 1. The molecule has 0 aliphatic carbocycles. The fourth-order valence-electron chi connectivity index (χ4n) is 2.71. The van der Waals surface area contributed by atoms with Gasteiger partial charge in [-0.25, -0.2) is 4.68 Å². The van der Waals surface area contributed by atoms with E-state index in [1.807, 2.05) is 18.7 Å². The Labute approximate surface area is 118 Å². The van der Waals surface area contributed by atoms with Crippen molar-refractivity contribution in [3.63, 3.8) is 0 Å². The Kier molecular flexibility index (Phi) is 3.99.